The van der Waals surface area contributed by atoms with Crippen LogP contribution in [0.15, 0.2) is 121 Å². The summed E-state index contributed by atoms with van der Waals surface area (Å²) in [6.07, 6.45) is 0.426. The van der Waals surface area contributed by atoms with Crippen LogP contribution in [0.25, 0.3) is 22.3 Å². The van der Waals surface area contributed by atoms with Crippen molar-refractivity contribution < 1.29 is 24.2 Å². The number of carbonyl (C=O) groups excluding carboxylic acids is 2. The van der Waals surface area contributed by atoms with Gasteiger partial charge in [-0.25, -0.2) is 9.18 Å². The fourth-order valence-electron chi connectivity index (χ4n) is 5.65. The molecule has 0 spiro atoms. The Morgan fingerprint density at radius 1 is 0.744 bits per heavy atom. The lowest BCUT2D eigenvalue weighted by Crippen LogP contribution is -2.29. The molecule has 2 amide bonds. The molecule has 3 N–H and O–H groups in total. The minimum atomic E-state index is -0.616. The number of nitrogens with zero attached hydrogens (tertiary/aromatic N) is 1. The number of amides is 2. The van der Waals surface area contributed by atoms with Gasteiger partial charge in [-0.15, -0.1) is 0 Å². The van der Waals surface area contributed by atoms with Crippen molar-refractivity contribution >= 4 is 17.5 Å². The van der Waals surface area contributed by atoms with E-state index in [2.05, 4.69) is 5.32 Å². The fraction of sp³-hybridized carbons (Fsp3) is 0.111. The Labute approximate surface area is 248 Å². The summed E-state index contributed by atoms with van der Waals surface area (Å²) in [5.74, 6) is -0.480. The minimum Gasteiger partial charge on any atom is -0.508 e. The zero-order valence-electron chi connectivity index (χ0n) is 23.2. The predicted molar refractivity (Wildman–Crippen MR) is 165 cm³/mol. The molecular formula is C36H29FN2O4. The van der Waals surface area contributed by atoms with Crippen LogP contribution in [0.4, 0.5) is 14.9 Å². The quantitative estimate of drug-likeness (QED) is 0.165. The lowest BCUT2D eigenvalue weighted by Gasteiger charge is -2.28. The number of ketones is 1. The van der Waals surface area contributed by atoms with Crippen molar-refractivity contribution in [3.05, 3.63) is 138 Å². The molecule has 1 saturated heterocycles. The highest BCUT2D eigenvalue weighted by Crippen LogP contribution is 2.41. The van der Waals surface area contributed by atoms with Crippen molar-refractivity contribution in [2.75, 3.05) is 4.90 Å². The molecule has 1 aliphatic heterocycles. The average Bonchev–Trinajstić information content (AvgIpc) is 3.36. The molecule has 2 unspecified atom stereocenters. The largest absolute Gasteiger partial charge is 0.508 e. The molecule has 43 heavy (non-hydrogen) atoms. The molecule has 214 valence electrons. The van der Waals surface area contributed by atoms with E-state index in [9.17, 15) is 24.2 Å². The zero-order chi connectivity index (χ0) is 29.9. The minimum absolute atomic E-state index is 0.0110. The van der Waals surface area contributed by atoms with Gasteiger partial charge in [0.1, 0.15) is 17.3 Å². The molecule has 7 heteroatoms. The molecule has 0 aromatic heterocycles. The van der Waals surface area contributed by atoms with Crippen LogP contribution in [0, 0.1) is 5.82 Å². The van der Waals surface area contributed by atoms with Crippen molar-refractivity contribution in [1.82, 2.24) is 5.32 Å². The van der Waals surface area contributed by atoms with E-state index in [1.54, 1.807) is 35.2 Å². The molecule has 0 bridgehead atoms. The summed E-state index contributed by atoms with van der Waals surface area (Å²) in [7, 11) is 0. The molecular weight excluding hydrogens is 543 g/mol. The Kier molecular flexibility index (Phi) is 7.62. The topological polar surface area (TPSA) is 89.9 Å². The standard InChI is InChI=1S/C36H29FN2O4/c37-28-14-9-25(10-15-28)33(41)20-19-32-35(31-18-13-27(22-34(31)42)26-7-4-8-30(40)21-26)39(36(43)38-32)29-16-11-24(12-17-29)23-5-2-1-3-6-23/h1-18,21-22,32,35,40,42H,19-20H2,(H,38,43). The third-order valence-electron chi connectivity index (χ3n) is 7.82. The van der Waals surface area contributed by atoms with E-state index in [0.717, 1.165) is 16.7 Å². The van der Waals surface area contributed by atoms with E-state index < -0.39 is 17.9 Å². The van der Waals surface area contributed by atoms with Crippen molar-refractivity contribution in [3.63, 3.8) is 0 Å². The number of Topliss-reactive ketones (excluding diaryl/α,β-unsaturated/α-hetero) is 1. The highest BCUT2D eigenvalue weighted by atomic mass is 19.1. The van der Waals surface area contributed by atoms with Crippen molar-refractivity contribution in [2.45, 2.75) is 24.9 Å². The number of hydrogen-bond acceptors (Lipinski definition) is 4. The normalized spacial score (nSPS) is 16.2. The third kappa shape index (κ3) is 5.83. The number of phenols is 2. The van der Waals surface area contributed by atoms with Gasteiger partial charge in [-0.1, -0.05) is 66.7 Å². The highest BCUT2D eigenvalue weighted by molar-refractivity contribution is 5.98. The van der Waals surface area contributed by atoms with Crippen LogP contribution in [-0.4, -0.2) is 28.1 Å². The maximum Gasteiger partial charge on any atom is 0.322 e. The Bertz CT molecular complexity index is 1770. The van der Waals surface area contributed by atoms with E-state index in [1.165, 1.54) is 24.3 Å². The van der Waals surface area contributed by atoms with Gasteiger partial charge >= 0.3 is 6.03 Å². The van der Waals surface area contributed by atoms with E-state index in [0.29, 0.717) is 28.8 Å². The fourth-order valence-corrected chi connectivity index (χ4v) is 5.65. The van der Waals surface area contributed by atoms with E-state index >= 15 is 0 Å². The van der Waals surface area contributed by atoms with Gasteiger partial charge in [0.15, 0.2) is 5.78 Å². The number of hydrogen-bond donors (Lipinski definition) is 3. The molecule has 0 radical (unpaired) electrons. The van der Waals surface area contributed by atoms with Gasteiger partial charge < -0.3 is 15.5 Å². The summed E-state index contributed by atoms with van der Waals surface area (Å²) in [6, 6.07) is 33.5. The number of rotatable bonds is 8. The SMILES string of the molecule is O=C(CCC1NC(=O)N(c2ccc(-c3ccccc3)cc2)C1c1ccc(-c2cccc(O)c2)cc1O)c1ccc(F)cc1. The Balaban J connectivity index is 1.33. The van der Waals surface area contributed by atoms with E-state index in [-0.39, 0.29) is 29.7 Å². The highest BCUT2D eigenvalue weighted by Gasteiger charge is 2.42. The second-order valence-corrected chi connectivity index (χ2v) is 10.6. The van der Waals surface area contributed by atoms with Crippen molar-refractivity contribution in [1.29, 1.82) is 0 Å². The number of phenolic OH excluding ortho intramolecular Hbond substituents is 2. The Hall–Kier alpha value is -5.43. The first kappa shape index (κ1) is 27.7. The second kappa shape index (κ2) is 11.8. The molecule has 5 aromatic rings. The molecule has 1 fully saturated rings. The van der Waals surface area contributed by atoms with Crippen LogP contribution in [0.1, 0.15) is 34.8 Å². The number of halogens is 1. The first-order valence-electron chi connectivity index (χ1n) is 14.0. The molecule has 6 nitrogen and oxygen atoms in total. The Morgan fingerprint density at radius 3 is 2.09 bits per heavy atom. The number of urea groups is 1. The first-order valence-corrected chi connectivity index (χ1v) is 14.0. The summed E-state index contributed by atoms with van der Waals surface area (Å²) in [4.78, 5) is 28.0. The lowest BCUT2D eigenvalue weighted by molar-refractivity contribution is 0.0976. The van der Waals surface area contributed by atoms with Gasteiger partial charge in [0, 0.05) is 23.2 Å². The second-order valence-electron chi connectivity index (χ2n) is 10.6. The third-order valence-corrected chi connectivity index (χ3v) is 7.82. The molecule has 1 aliphatic rings. The van der Waals surface area contributed by atoms with Gasteiger partial charge in [-0.2, -0.15) is 0 Å². The number of aromatic hydroxyl groups is 2. The van der Waals surface area contributed by atoms with Gasteiger partial charge in [-0.3, -0.25) is 9.69 Å². The van der Waals surface area contributed by atoms with Crippen molar-refractivity contribution in [3.8, 4) is 33.8 Å². The smallest absolute Gasteiger partial charge is 0.322 e. The van der Waals surface area contributed by atoms with Crippen LogP contribution in [-0.2, 0) is 0 Å². The monoisotopic (exact) mass is 572 g/mol. The van der Waals surface area contributed by atoms with Crippen LogP contribution < -0.4 is 10.2 Å². The molecule has 0 aliphatic carbocycles. The maximum atomic E-state index is 13.5. The van der Waals surface area contributed by atoms with Crippen LogP contribution in [0.3, 0.4) is 0 Å². The molecule has 1 heterocycles. The van der Waals surface area contributed by atoms with Crippen LogP contribution >= 0.6 is 0 Å². The van der Waals surface area contributed by atoms with Crippen LogP contribution in [0.2, 0.25) is 0 Å². The summed E-state index contributed by atoms with van der Waals surface area (Å²) < 4.78 is 13.4. The Morgan fingerprint density at radius 2 is 1.40 bits per heavy atom. The van der Waals surface area contributed by atoms with Crippen LogP contribution in [0.5, 0.6) is 11.5 Å². The summed E-state index contributed by atoms with van der Waals surface area (Å²) in [5.41, 5.74) is 5.05. The number of benzene rings is 5. The average molecular weight is 573 g/mol. The number of nitrogens with one attached hydrogen (secondary N) is 1. The summed E-state index contributed by atoms with van der Waals surface area (Å²) >= 11 is 0. The van der Waals surface area contributed by atoms with Gasteiger partial charge in [0.25, 0.3) is 0 Å². The van der Waals surface area contributed by atoms with Gasteiger partial charge in [0.2, 0.25) is 0 Å². The van der Waals surface area contributed by atoms with Gasteiger partial charge in [0.05, 0.1) is 12.1 Å². The molecule has 6 rings (SSSR count). The molecule has 2 atom stereocenters. The first-order chi connectivity index (χ1) is 20.9. The predicted octanol–water partition coefficient (Wildman–Crippen LogP) is 7.87. The molecule has 5 aromatic carbocycles. The van der Waals surface area contributed by atoms with E-state index in [1.807, 2.05) is 66.7 Å². The number of carbonyl (C=O) groups is 2. The zero-order valence-corrected chi connectivity index (χ0v) is 23.2. The summed E-state index contributed by atoms with van der Waals surface area (Å²) in [5, 5.41) is 24.2. The molecule has 0 saturated carbocycles. The lowest BCUT2D eigenvalue weighted by atomic mass is 9.91. The van der Waals surface area contributed by atoms with E-state index in [4.69, 9.17) is 0 Å². The summed E-state index contributed by atoms with van der Waals surface area (Å²) in [6.45, 7) is 0. The van der Waals surface area contributed by atoms with Crippen molar-refractivity contribution in [2.24, 2.45) is 0 Å². The van der Waals surface area contributed by atoms with Gasteiger partial charge in [-0.05, 0) is 83.3 Å². The number of anilines is 1. The maximum absolute atomic E-state index is 13.5.